The van der Waals surface area contributed by atoms with Gasteiger partial charge in [0.05, 0.1) is 13.2 Å². The second kappa shape index (κ2) is 3.85. The second-order valence-corrected chi connectivity index (χ2v) is 3.66. The van der Waals surface area contributed by atoms with Gasteiger partial charge in [0.25, 0.3) is 8.53 Å². The molecule has 1 N–H and O–H groups in total. The maximum atomic E-state index is 5.29. The maximum Gasteiger partial charge on any atom is 0.287 e. The van der Waals surface area contributed by atoms with Crippen LogP contribution in [0, 0.1) is 0 Å². The first-order chi connectivity index (χ1) is 5.95. The fraction of sp³-hybridized carbons (Fsp3) is 0.250. The van der Waals surface area contributed by atoms with Crippen LogP contribution in [0.25, 0.3) is 0 Å². The summed E-state index contributed by atoms with van der Waals surface area (Å²) in [6, 6.07) is 9.93. The van der Waals surface area contributed by atoms with E-state index < -0.39 is 8.53 Å². The molecule has 1 fully saturated rings. The molecule has 0 spiro atoms. The van der Waals surface area contributed by atoms with E-state index in [0.29, 0.717) is 13.2 Å². The molecular weight excluding hydrogens is 173 g/mol. The molecule has 0 aliphatic carbocycles. The van der Waals surface area contributed by atoms with E-state index >= 15 is 0 Å². The molecule has 1 aromatic carbocycles. The maximum absolute atomic E-state index is 5.29. The molecule has 1 aromatic rings. The van der Waals surface area contributed by atoms with Crippen molar-refractivity contribution in [3.05, 3.63) is 30.3 Å². The van der Waals surface area contributed by atoms with Crippen LogP contribution in [0.15, 0.2) is 30.3 Å². The molecule has 2 rings (SSSR count). The Balaban J connectivity index is 1.94. The molecule has 0 saturated carbocycles. The summed E-state index contributed by atoms with van der Waals surface area (Å²) < 4.78 is 10.6. The zero-order chi connectivity index (χ0) is 8.23. The van der Waals surface area contributed by atoms with Crippen molar-refractivity contribution in [3.63, 3.8) is 0 Å². The molecule has 1 aliphatic heterocycles. The van der Waals surface area contributed by atoms with E-state index in [1.807, 2.05) is 30.3 Å². The number of hydrogen-bond donors (Lipinski definition) is 1. The number of anilines is 1. The lowest BCUT2D eigenvalue weighted by Crippen LogP contribution is -1.90. The lowest BCUT2D eigenvalue weighted by Gasteiger charge is -2.09. The minimum absolute atomic E-state index is 0.700. The summed E-state index contributed by atoms with van der Waals surface area (Å²) in [5.41, 5.74) is 1.05. The second-order valence-electron chi connectivity index (χ2n) is 2.40. The van der Waals surface area contributed by atoms with E-state index in [1.165, 1.54) is 0 Å². The van der Waals surface area contributed by atoms with E-state index in [2.05, 4.69) is 5.09 Å². The van der Waals surface area contributed by atoms with Gasteiger partial charge in [0.1, 0.15) is 0 Å². The lowest BCUT2D eigenvalue weighted by molar-refractivity contribution is 0.365. The van der Waals surface area contributed by atoms with Crippen molar-refractivity contribution in [2.45, 2.75) is 0 Å². The fourth-order valence-electron chi connectivity index (χ4n) is 0.960. The molecule has 0 unspecified atom stereocenters. The Morgan fingerprint density at radius 1 is 1.08 bits per heavy atom. The van der Waals surface area contributed by atoms with Crippen molar-refractivity contribution in [2.24, 2.45) is 0 Å². The largest absolute Gasteiger partial charge is 0.320 e. The van der Waals surface area contributed by atoms with Crippen molar-refractivity contribution in [1.82, 2.24) is 0 Å². The molecule has 0 radical (unpaired) electrons. The summed E-state index contributed by atoms with van der Waals surface area (Å²) in [4.78, 5) is 0. The molecule has 0 aromatic heterocycles. The zero-order valence-electron chi connectivity index (χ0n) is 6.56. The molecule has 64 valence electrons. The average Bonchev–Trinajstić information content (AvgIpc) is 2.59. The predicted molar refractivity (Wildman–Crippen MR) is 48.9 cm³/mol. The van der Waals surface area contributed by atoms with Crippen LogP contribution in [-0.4, -0.2) is 13.2 Å². The van der Waals surface area contributed by atoms with Crippen LogP contribution in [0.2, 0.25) is 0 Å². The first-order valence-corrected chi connectivity index (χ1v) is 5.00. The number of nitrogens with one attached hydrogen (secondary N) is 1. The third-order valence-corrected chi connectivity index (χ3v) is 2.77. The quantitative estimate of drug-likeness (QED) is 0.714. The molecule has 0 atom stereocenters. The monoisotopic (exact) mass is 183 g/mol. The van der Waals surface area contributed by atoms with Gasteiger partial charge in [-0.15, -0.1) is 0 Å². The van der Waals surface area contributed by atoms with E-state index in [9.17, 15) is 0 Å². The Morgan fingerprint density at radius 3 is 2.42 bits per heavy atom. The van der Waals surface area contributed by atoms with E-state index in [-0.39, 0.29) is 0 Å². The first kappa shape index (κ1) is 7.99. The zero-order valence-corrected chi connectivity index (χ0v) is 7.46. The summed E-state index contributed by atoms with van der Waals surface area (Å²) >= 11 is 0. The highest BCUT2D eigenvalue weighted by Crippen LogP contribution is 2.41. The summed E-state index contributed by atoms with van der Waals surface area (Å²) in [6.45, 7) is 1.40. The number of rotatable bonds is 2. The van der Waals surface area contributed by atoms with Gasteiger partial charge in [-0.25, -0.2) is 0 Å². The Bertz CT molecular complexity index is 236. The van der Waals surface area contributed by atoms with E-state index in [4.69, 9.17) is 9.05 Å². The van der Waals surface area contributed by atoms with Crippen LogP contribution < -0.4 is 5.09 Å². The molecule has 1 saturated heterocycles. The van der Waals surface area contributed by atoms with Crippen molar-refractivity contribution in [1.29, 1.82) is 0 Å². The summed E-state index contributed by atoms with van der Waals surface area (Å²) in [5.74, 6) is 0. The topological polar surface area (TPSA) is 30.5 Å². The normalized spacial score (nSPS) is 18.0. The molecule has 12 heavy (non-hydrogen) atoms. The van der Waals surface area contributed by atoms with Gasteiger partial charge >= 0.3 is 0 Å². The van der Waals surface area contributed by atoms with Crippen molar-refractivity contribution in [2.75, 3.05) is 18.3 Å². The van der Waals surface area contributed by atoms with Gasteiger partial charge < -0.3 is 14.1 Å². The highest BCUT2D eigenvalue weighted by Gasteiger charge is 2.16. The number of hydrogen-bond acceptors (Lipinski definition) is 3. The van der Waals surface area contributed by atoms with Crippen LogP contribution in [0.5, 0.6) is 0 Å². The smallest absolute Gasteiger partial charge is 0.287 e. The van der Waals surface area contributed by atoms with Gasteiger partial charge in [-0.2, -0.15) is 0 Å². The molecule has 0 bridgehead atoms. The van der Waals surface area contributed by atoms with Gasteiger partial charge in [0.15, 0.2) is 0 Å². The van der Waals surface area contributed by atoms with Gasteiger partial charge in [-0.05, 0) is 12.1 Å². The molecular formula is C8H10NO2P. The van der Waals surface area contributed by atoms with Crippen LogP contribution in [0.4, 0.5) is 5.69 Å². The minimum atomic E-state index is -0.871. The summed E-state index contributed by atoms with van der Waals surface area (Å²) in [7, 11) is -0.871. The standard InChI is InChI=1S/C8H10NO2P/c1-2-4-8(5-3-1)9-12-10-6-7-11-12/h1-5,9H,6-7H2. The molecule has 1 aliphatic rings. The van der Waals surface area contributed by atoms with Gasteiger partial charge in [-0.1, -0.05) is 18.2 Å². The average molecular weight is 183 g/mol. The third kappa shape index (κ3) is 1.95. The third-order valence-electron chi connectivity index (χ3n) is 1.49. The summed E-state index contributed by atoms with van der Waals surface area (Å²) in [5, 5.41) is 3.16. The van der Waals surface area contributed by atoms with Crippen LogP contribution in [0.1, 0.15) is 0 Å². The van der Waals surface area contributed by atoms with E-state index in [1.54, 1.807) is 0 Å². The van der Waals surface area contributed by atoms with Crippen molar-refractivity contribution in [3.8, 4) is 0 Å². The minimum Gasteiger partial charge on any atom is -0.320 e. The Labute approximate surface area is 72.7 Å². The highest BCUT2D eigenvalue weighted by atomic mass is 31.2. The van der Waals surface area contributed by atoms with Gasteiger partial charge in [-0.3, -0.25) is 0 Å². The number of para-hydroxylation sites is 1. The van der Waals surface area contributed by atoms with E-state index in [0.717, 1.165) is 5.69 Å². The molecule has 3 nitrogen and oxygen atoms in total. The molecule has 0 amide bonds. The Hall–Kier alpha value is -0.630. The Morgan fingerprint density at radius 2 is 1.75 bits per heavy atom. The van der Waals surface area contributed by atoms with Crippen molar-refractivity contribution < 1.29 is 9.05 Å². The first-order valence-electron chi connectivity index (χ1n) is 3.83. The fourth-order valence-corrected chi connectivity index (χ4v) is 2.00. The highest BCUT2D eigenvalue weighted by molar-refractivity contribution is 7.49. The summed E-state index contributed by atoms with van der Waals surface area (Å²) in [6.07, 6.45) is 0. The van der Waals surface area contributed by atoms with Crippen LogP contribution >= 0.6 is 8.53 Å². The Kier molecular flexibility index (Phi) is 2.57. The van der Waals surface area contributed by atoms with Gasteiger partial charge in [0.2, 0.25) is 0 Å². The van der Waals surface area contributed by atoms with Crippen LogP contribution in [-0.2, 0) is 9.05 Å². The lowest BCUT2D eigenvalue weighted by atomic mass is 10.3. The molecule has 1 heterocycles. The van der Waals surface area contributed by atoms with Crippen molar-refractivity contribution >= 4 is 14.2 Å². The predicted octanol–water partition coefficient (Wildman–Crippen LogP) is 2.37. The van der Waals surface area contributed by atoms with Gasteiger partial charge in [0, 0.05) is 5.69 Å². The SMILES string of the molecule is c1ccc(NP2OCCO2)cc1. The van der Waals surface area contributed by atoms with Crippen LogP contribution in [0.3, 0.4) is 0 Å². The number of benzene rings is 1. The molecule has 4 heteroatoms.